The molecule has 0 saturated carbocycles. The number of hydrogen-bond donors (Lipinski definition) is 3. The number of ether oxygens (including phenoxy) is 1. The van der Waals surface area contributed by atoms with Crippen molar-refractivity contribution in [1.29, 1.82) is 0 Å². The Morgan fingerprint density at radius 3 is 2.61 bits per heavy atom. The molecule has 1 aromatic heterocycles. The fourth-order valence-corrected chi connectivity index (χ4v) is 2.46. The Hall–Kier alpha value is -1.76. The van der Waals surface area contributed by atoms with E-state index in [2.05, 4.69) is 15.4 Å². The molecule has 0 aliphatic heterocycles. The van der Waals surface area contributed by atoms with Gasteiger partial charge in [0.15, 0.2) is 0 Å². The fraction of sp³-hybridized carbons (Fsp3) is 0.455. The normalized spacial score (nSPS) is 9.94. The summed E-state index contributed by atoms with van der Waals surface area (Å²) in [6, 6.07) is 0. The van der Waals surface area contributed by atoms with Gasteiger partial charge in [-0.25, -0.2) is 4.79 Å². The van der Waals surface area contributed by atoms with E-state index in [1.807, 2.05) is 6.92 Å². The first-order chi connectivity index (χ1) is 8.56. The van der Waals surface area contributed by atoms with Crippen LogP contribution in [0.25, 0.3) is 0 Å². The van der Waals surface area contributed by atoms with E-state index in [1.165, 1.54) is 14.2 Å². The van der Waals surface area contributed by atoms with Gasteiger partial charge in [0, 0.05) is 13.6 Å². The van der Waals surface area contributed by atoms with Crippen molar-refractivity contribution in [2.75, 3.05) is 31.8 Å². The van der Waals surface area contributed by atoms with Crippen molar-refractivity contribution in [2.45, 2.75) is 13.3 Å². The van der Waals surface area contributed by atoms with Gasteiger partial charge in [-0.1, -0.05) is 6.92 Å². The van der Waals surface area contributed by atoms with Gasteiger partial charge in [-0.2, -0.15) is 0 Å². The molecule has 0 bridgehead atoms. The number of rotatable bonds is 5. The Bertz CT molecular complexity index is 457. The van der Waals surface area contributed by atoms with Crippen LogP contribution in [0.15, 0.2) is 0 Å². The minimum Gasteiger partial charge on any atom is -0.465 e. The monoisotopic (exact) mass is 271 g/mol. The van der Waals surface area contributed by atoms with Crippen LogP contribution >= 0.6 is 11.3 Å². The number of amides is 1. The first-order valence-electron chi connectivity index (χ1n) is 5.53. The lowest BCUT2D eigenvalue weighted by molar-refractivity contribution is 0.0607. The van der Waals surface area contributed by atoms with Crippen LogP contribution < -0.4 is 16.4 Å². The summed E-state index contributed by atoms with van der Waals surface area (Å²) in [7, 11) is 2.79. The molecule has 0 aromatic carbocycles. The predicted molar refractivity (Wildman–Crippen MR) is 72.2 cm³/mol. The van der Waals surface area contributed by atoms with Gasteiger partial charge in [-0.05, 0) is 6.42 Å². The molecule has 0 fully saturated rings. The number of methoxy groups -OCH3 is 1. The maximum absolute atomic E-state index is 11.8. The Morgan fingerprint density at radius 2 is 2.11 bits per heavy atom. The van der Waals surface area contributed by atoms with Gasteiger partial charge in [-0.15, -0.1) is 11.3 Å². The summed E-state index contributed by atoms with van der Waals surface area (Å²) in [5.41, 5.74) is 6.30. The maximum atomic E-state index is 11.8. The quantitative estimate of drug-likeness (QED) is 0.702. The molecule has 18 heavy (non-hydrogen) atoms. The van der Waals surface area contributed by atoms with Crippen molar-refractivity contribution < 1.29 is 14.3 Å². The van der Waals surface area contributed by atoms with Gasteiger partial charge in [-0.3, -0.25) is 4.79 Å². The third kappa shape index (κ3) is 2.73. The topological polar surface area (TPSA) is 93.4 Å². The van der Waals surface area contributed by atoms with E-state index in [1.54, 1.807) is 0 Å². The number of anilines is 2. The van der Waals surface area contributed by atoms with Crippen LogP contribution in [0.4, 0.5) is 10.7 Å². The molecule has 0 saturated heterocycles. The van der Waals surface area contributed by atoms with Gasteiger partial charge >= 0.3 is 5.97 Å². The second-order valence-corrected chi connectivity index (χ2v) is 4.57. The molecular weight excluding hydrogens is 254 g/mol. The van der Waals surface area contributed by atoms with E-state index in [0.29, 0.717) is 17.1 Å². The number of thiophene rings is 1. The Labute approximate surface area is 110 Å². The second kappa shape index (κ2) is 6.25. The number of esters is 1. The molecule has 7 heteroatoms. The largest absolute Gasteiger partial charge is 0.465 e. The molecule has 0 atom stereocenters. The molecule has 4 N–H and O–H groups in total. The summed E-state index contributed by atoms with van der Waals surface area (Å²) < 4.78 is 4.64. The van der Waals surface area contributed by atoms with E-state index in [9.17, 15) is 9.59 Å². The highest BCUT2D eigenvalue weighted by Crippen LogP contribution is 2.36. The predicted octanol–water partition coefficient (Wildman–Crippen LogP) is 1.30. The van der Waals surface area contributed by atoms with Crippen LogP contribution in [0.2, 0.25) is 0 Å². The highest BCUT2D eigenvalue weighted by atomic mass is 32.1. The van der Waals surface area contributed by atoms with Crippen molar-refractivity contribution in [3.05, 3.63) is 10.4 Å². The van der Waals surface area contributed by atoms with Crippen molar-refractivity contribution in [3.63, 3.8) is 0 Å². The van der Waals surface area contributed by atoms with Gasteiger partial charge in [0.2, 0.25) is 0 Å². The van der Waals surface area contributed by atoms with Gasteiger partial charge in [0.25, 0.3) is 5.91 Å². The number of carbonyl (C=O) groups is 2. The van der Waals surface area contributed by atoms with Crippen molar-refractivity contribution in [3.8, 4) is 0 Å². The number of carbonyl (C=O) groups excluding carboxylic acids is 2. The molecule has 100 valence electrons. The Morgan fingerprint density at radius 1 is 1.44 bits per heavy atom. The van der Waals surface area contributed by atoms with Gasteiger partial charge in [0.05, 0.1) is 18.4 Å². The standard InChI is InChI=1S/C11H17N3O3S/c1-4-5-14-10-6(9(15)13-2)7(12)8(18-10)11(16)17-3/h14H,4-5,12H2,1-3H3,(H,13,15). The maximum Gasteiger partial charge on any atom is 0.350 e. The van der Waals surface area contributed by atoms with Gasteiger partial charge < -0.3 is 21.1 Å². The molecule has 0 radical (unpaired) electrons. The van der Waals surface area contributed by atoms with E-state index >= 15 is 0 Å². The molecule has 1 heterocycles. The number of nitrogen functional groups attached to an aromatic ring is 1. The minimum absolute atomic E-state index is 0.157. The highest BCUT2D eigenvalue weighted by molar-refractivity contribution is 7.19. The molecular formula is C11H17N3O3S. The van der Waals surface area contributed by atoms with Crippen LogP contribution in [0.1, 0.15) is 33.4 Å². The summed E-state index contributed by atoms with van der Waals surface area (Å²) in [6.45, 7) is 2.70. The van der Waals surface area contributed by atoms with E-state index in [4.69, 9.17) is 5.73 Å². The molecule has 1 rings (SSSR count). The van der Waals surface area contributed by atoms with Crippen molar-refractivity contribution in [1.82, 2.24) is 5.32 Å². The first-order valence-corrected chi connectivity index (χ1v) is 6.34. The van der Waals surface area contributed by atoms with Crippen LogP contribution in [0, 0.1) is 0 Å². The van der Waals surface area contributed by atoms with Crippen LogP contribution in [0.3, 0.4) is 0 Å². The molecule has 0 aliphatic carbocycles. The zero-order valence-corrected chi connectivity index (χ0v) is 11.4. The summed E-state index contributed by atoms with van der Waals surface area (Å²) in [5.74, 6) is -0.857. The van der Waals surface area contributed by atoms with Crippen LogP contribution in [-0.4, -0.2) is 32.6 Å². The average Bonchev–Trinajstić information content (AvgIpc) is 2.71. The molecule has 0 aliphatic rings. The molecule has 6 nitrogen and oxygen atoms in total. The lowest BCUT2D eigenvalue weighted by atomic mass is 10.2. The third-order valence-corrected chi connectivity index (χ3v) is 3.45. The molecule has 0 spiro atoms. The number of nitrogens with two attached hydrogens (primary N) is 1. The summed E-state index contributed by atoms with van der Waals surface area (Å²) in [4.78, 5) is 23.5. The van der Waals surface area contributed by atoms with Crippen LogP contribution in [0.5, 0.6) is 0 Å². The number of nitrogens with one attached hydrogen (secondary N) is 2. The summed E-state index contributed by atoms with van der Waals surface area (Å²) in [6.07, 6.45) is 0.901. The zero-order chi connectivity index (χ0) is 13.7. The Balaban J connectivity index is 3.22. The zero-order valence-electron chi connectivity index (χ0n) is 10.6. The molecule has 1 amide bonds. The number of hydrogen-bond acceptors (Lipinski definition) is 6. The lowest BCUT2D eigenvalue weighted by Crippen LogP contribution is -2.20. The molecule has 0 unspecified atom stereocenters. The van der Waals surface area contributed by atoms with E-state index in [0.717, 1.165) is 17.8 Å². The third-order valence-electron chi connectivity index (χ3n) is 2.31. The minimum atomic E-state index is -0.535. The van der Waals surface area contributed by atoms with Crippen molar-refractivity contribution >= 4 is 33.9 Å². The van der Waals surface area contributed by atoms with E-state index < -0.39 is 5.97 Å². The summed E-state index contributed by atoms with van der Waals surface area (Å²) in [5, 5.41) is 6.18. The SMILES string of the molecule is CCCNc1sc(C(=O)OC)c(N)c1C(=O)NC. The Kier molecular flexibility index (Phi) is 4.96. The van der Waals surface area contributed by atoms with E-state index in [-0.39, 0.29) is 16.5 Å². The fourth-order valence-electron chi connectivity index (χ4n) is 1.40. The van der Waals surface area contributed by atoms with Crippen LogP contribution in [-0.2, 0) is 4.74 Å². The smallest absolute Gasteiger partial charge is 0.350 e. The highest BCUT2D eigenvalue weighted by Gasteiger charge is 2.25. The van der Waals surface area contributed by atoms with Crippen molar-refractivity contribution in [2.24, 2.45) is 0 Å². The lowest BCUT2D eigenvalue weighted by Gasteiger charge is -2.05. The second-order valence-electron chi connectivity index (χ2n) is 3.55. The molecule has 1 aromatic rings. The summed E-state index contributed by atoms with van der Waals surface area (Å²) >= 11 is 1.13. The average molecular weight is 271 g/mol. The first kappa shape index (κ1) is 14.3. The van der Waals surface area contributed by atoms with Gasteiger partial charge in [0.1, 0.15) is 9.88 Å².